The maximum absolute atomic E-state index is 5.85. The molecule has 1 aliphatic heterocycles. The van der Waals surface area contributed by atoms with E-state index in [1.165, 1.54) is 61.0 Å². The van der Waals surface area contributed by atoms with Crippen LogP contribution in [0.1, 0.15) is 36.8 Å². The zero-order valence-corrected chi connectivity index (χ0v) is 13.3. The van der Waals surface area contributed by atoms with Crippen LogP contribution in [0.4, 0.5) is 0 Å². The van der Waals surface area contributed by atoms with Crippen molar-refractivity contribution in [2.75, 3.05) is 13.1 Å². The fraction of sp³-hybridized carbons (Fsp3) is 0.400. The number of likely N-dealkylation sites (tertiary alicyclic amines) is 1. The van der Waals surface area contributed by atoms with E-state index in [0.717, 1.165) is 6.54 Å². The van der Waals surface area contributed by atoms with Crippen LogP contribution in [0.3, 0.4) is 0 Å². The average molecular weight is 294 g/mol. The highest BCUT2D eigenvalue weighted by molar-refractivity contribution is 5.67. The summed E-state index contributed by atoms with van der Waals surface area (Å²) in [6.07, 6.45) is 5.49. The number of benzene rings is 2. The van der Waals surface area contributed by atoms with Crippen LogP contribution in [-0.2, 0) is 13.1 Å². The molecule has 1 heterocycles. The Bertz CT molecular complexity index is 581. The van der Waals surface area contributed by atoms with Gasteiger partial charge in [-0.05, 0) is 48.2 Å². The lowest BCUT2D eigenvalue weighted by atomic mass is 9.98. The van der Waals surface area contributed by atoms with Crippen molar-refractivity contribution in [1.29, 1.82) is 0 Å². The van der Waals surface area contributed by atoms with E-state index in [1.54, 1.807) is 0 Å². The summed E-state index contributed by atoms with van der Waals surface area (Å²) in [6, 6.07) is 17.4. The van der Waals surface area contributed by atoms with Crippen LogP contribution >= 0.6 is 0 Å². The Morgan fingerprint density at radius 3 is 2.18 bits per heavy atom. The minimum atomic E-state index is 0.589. The number of nitrogens with two attached hydrogens (primary N) is 1. The molecule has 22 heavy (non-hydrogen) atoms. The zero-order valence-electron chi connectivity index (χ0n) is 13.3. The van der Waals surface area contributed by atoms with Crippen molar-refractivity contribution in [3.63, 3.8) is 0 Å². The summed E-state index contributed by atoms with van der Waals surface area (Å²) >= 11 is 0. The van der Waals surface area contributed by atoms with E-state index in [0.29, 0.717) is 6.54 Å². The molecule has 0 radical (unpaired) electrons. The SMILES string of the molecule is NCc1ccccc1-c1ccc(CN2CCCCCC2)cc1. The van der Waals surface area contributed by atoms with Crippen molar-refractivity contribution in [3.05, 3.63) is 59.7 Å². The zero-order chi connectivity index (χ0) is 15.2. The fourth-order valence-electron chi connectivity index (χ4n) is 3.32. The van der Waals surface area contributed by atoms with Gasteiger partial charge in [0.1, 0.15) is 0 Å². The molecule has 0 aliphatic carbocycles. The molecule has 1 fully saturated rings. The topological polar surface area (TPSA) is 29.3 Å². The Morgan fingerprint density at radius 1 is 0.818 bits per heavy atom. The molecule has 116 valence electrons. The fourth-order valence-corrected chi connectivity index (χ4v) is 3.32. The van der Waals surface area contributed by atoms with Gasteiger partial charge >= 0.3 is 0 Å². The second-order valence-electron chi connectivity index (χ2n) is 6.25. The average Bonchev–Trinajstić information content (AvgIpc) is 2.84. The number of rotatable bonds is 4. The third-order valence-corrected chi connectivity index (χ3v) is 4.61. The van der Waals surface area contributed by atoms with Crippen LogP contribution in [0.25, 0.3) is 11.1 Å². The van der Waals surface area contributed by atoms with Crippen molar-refractivity contribution in [2.45, 2.75) is 38.8 Å². The molecule has 0 saturated carbocycles. The Balaban J connectivity index is 1.72. The van der Waals surface area contributed by atoms with Gasteiger partial charge < -0.3 is 5.73 Å². The van der Waals surface area contributed by atoms with Crippen LogP contribution in [0.15, 0.2) is 48.5 Å². The van der Waals surface area contributed by atoms with E-state index < -0.39 is 0 Å². The van der Waals surface area contributed by atoms with Gasteiger partial charge in [-0.3, -0.25) is 4.90 Å². The van der Waals surface area contributed by atoms with E-state index >= 15 is 0 Å². The summed E-state index contributed by atoms with van der Waals surface area (Å²) in [5, 5.41) is 0. The van der Waals surface area contributed by atoms with Gasteiger partial charge in [-0.2, -0.15) is 0 Å². The van der Waals surface area contributed by atoms with Crippen LogP contribution in [-0.4, -0.2) is 18.0 Å². The standard InChI is InChI=1S/C20H26N2/c21-15-19-7-3-4-8-20(19)18-11-9-17(10-12-18)16-22-13-5-1-2-6-14-22/h3-4,7-12H,1-2,5-6,13-16,21H2. The second kappa shape index (κ2) is 7.57. The number of hydrogen-bond donors (Lipinski definition) is 1. The normalized spacial score (nSPS) is 16.4. The lowest BCUT2D eigenvalue weighted by molar-refractivity contribution is 0.277. The minimum Gasteiger partial charge on any atom is -0.326 e. The van der Waals surface area contributed by atoms with E-state index in [9.17, 15) is 0 Å². The summed E-state index contributed by atoms with van der Waals surface area (Å²) in [4.78, 5) is 2.59. The van der Waals surface area contributed by atoms with Gasteiger partial charge in [0.2, 0.25) is 0 Å². The van der Waals surface area contributed by atoms with Crippen LogP contribution < -0.4 is 5.73 Å². The summed E-state index contributed by atoms with van der Waals surface area (Å²) in [5.74, 6) is 0. The van der Waals surface area contributed by atoms with Gasteiger partial charge in [-0.15, -0.1) is 0 Å². The van der Waals surface area contributed by atoms with Crippen molar-refractivity contribution in [1.82, 2.24) is 4.90 Å². The summed E-state index contributed by atoms with van der Waals surface area (Å²) in [5.41, 5.74) is 11.0. The molecule has 1 aliphatic rings. The largest absolute Gasteiger partial charge is 0.326 e. The number of hydrogen-bond acceptors (Lipinski definition) is 2. The summed E-state index contributed by atoms with van der Waals surface area (Å²) in [7, 11) is 0. The van der Waals surface area contributed by atoms with Crippen molar-refractivity contribution in [3.8, 4) is 11.1 Å². The predicted octanol–water partition coefficient (Wildman–Crippen LogP) is 4.19. The van der Waals surface area contributed by atoms with Crippen LogP contribution in [0.2, 0.25) is 0 Å². The first-order chi connectivity index (χ1) is 10.9. The van der Waals surface area contributed by atoms with Crippen LogP contribution in [0, 0.1) is 0 Å². The molecule has 2 N–H and O–H groups in total. The van der Waals surface area contributed by atoms with E-state index in [1.807, 2.05) is 0 Å². The molecular formula is C20H26N2. The third kappa shape index (κ3) is 3.76. The molecule has 0 spiro atoms. The Kier molecular flexibility index (Phi) is 5.25. The van der Waals surface area contributed by atoms with Gasteiger partial charge in [0.25, 0.3) is 0 Å². The van der Waals surface area contributed by atoms with Crippen molar-refractivity contribution >= 4 is 0 Å². The molecule has 2 nitrogen and oxygen atoms in total. The lowest BCUT2D eigenvalue weighted by Gasteiger charge is -2.20. The Labute approximate surface area is 134 Å². The molecule has 2 aromatic carbocycles. The molecule has 2 aromatic rings. The molecule has 0 unspecified atom stereocenters. The highest BCUT2D eigenvalue weighted by Crippen LogP contribution is 2.24. The van der Waals surface area contributed by atoms with E-state index in [4.69, 9.17) is 5.73 Å². The molecule has 0 amide bonds. The highest BCUT2D eigenvalue weighted by Gasteiger charge is 2.09. The highest BCUT2D eigenvalue weighted by atomic mass is 15.1. The molecule has 2 heteroatoms. The first-order valence-corrected chi connectivity index (χ1v) is 8.46. The molecule has 1 saturated heterocycles. The summed E-state index contributed by atoms with van der Waals surface area (Å²) < 4.78 is 0. The second-order valence-corrected chi connectivity index (χ2v) is 6.25. The minimum absolute atomic E-state index is 0.589. The number of nitrogens with zero attached hydrogens (tertiary/aromatic N) is 1. The molecule has 3 rings (SSSR count). The maximum Gasteiger partial charge on any atom is 0.0233 e. The summed E-state index contributed by atoms with van der Waals surface area (Å²) in [6.45, 7) is 4.17. The first kappa shape index (κ1) is 15.3. The maximum atomic E-state index is 5.85. The first-order valence-electron chi connectivity index (χ1n) is 8.46. The third-order valence-electron chi connectivity index (χ3n) is 4.61. The molecular weight excluding hydrogens is 268 g/mol. The smallest absolute Gasteiger partial charge is 0.0233 e. The van der Waals surface area contributed by atoms with Crippen LogP contribution in [0.5, 0.6) is 0 Å². The van der Waals surface area contributed by atoms with Gasteiger partial charge in [0.15, 0.2) is 0 Å². The van der Waals surface area contributed by atoms with Crippen molar-refractivity contribution in [2.24, 2.45) is 5.73 Å². The van der Waals surface area contributed by atoms with E-state index in [-0.39, 0.29) is 0 Å². The molecule has 0 bridgehead atoms. The monoisotopic (exact) mass is 294 g/mol. The molecule has 0 atom stereocenters. The van der Waals surface area contributed by atoms with E-state index in [2.05, 4.69) is 53.4 Å². The van der Waals surface area contributed by atoms with Gasteiger partial charge in [-0.25, -0.2) is 0 Å². The van der Waals surface area contributed by atoms with Gasteiger partial charge in [-0.1, -0.05) is 61.4 Å². The van der Waals surface area contributed by atoms with Gasteiger partial charge in [0, 0.05) is 13.1 Å². The van der Waals surface area contributed by atoms with Crippen molar-refractivity contribution < 1.29 is 0 Å². The lowest BCUT2D eigenvalue weighted by Crippen LogP contribution is -2.23. The molecule has 0 aromatic heterocycles. The Morgan fingerprint density at radius 2 is 1.50 bits per heavy atom. The Hall–Kier alpha value is -1.64. The quantitative estimate of drug-likeness (QED) is 0.916. The predicted molar refractivity (Wildman–Crippen MR) is 93.5 cm³/mol. The van der Waals surface area contributed by atoms with Gasteiger partial charge in [0.05, 0.1) is 0 Å².